The van der Waals surface area contributed by atoms with Gasteiger partial charge in [-0.1, -0.05) is 139 Å². The van der Waals surface area contributed by atoms with E-state index in [9.17, 15) is 29.4 Å². The van der Waals surface area contributed by atoms with Crippen molar-refractivity contribution in [3.8, 4) is 33.6 Å². The molecule has 0 bridgehead atoms. The number of hydrogen-bond acceptors (Lipinski definition) is 6. The van der Waals surface area contributed by atoms with Crippen molar-refractivity contribution in [2.75, 3.05) is 13.1 Å². The molecule has 2 aromatic heterocycles. The van der Waals surface area contributed by atoms with E-state index in [2.05, 4.69) is 98.5 Å². The quantitative estimate of drug-likeness (QED) is 0.0739. The highest BCUT2D eigenvalue weighted by atomic mass is 16.4. The van der Waals surface area contributed by atoms with Crippen molar-refractivity contribution in [1.29, 1.82) is 0 Å². The first-order valence-electron chi connectivity index (χ1n) is 22.6. The van der Waals surface area contributed by atoms with Gasteiger partial charge < -0.3 is 40.6 Å². The largest absolute Gasteiger partial charge is 0.465 e. The number of rotatable bonds is 11. The van der Waals surface area contributed by atoms with Crippen LogP contribution >= 0.6 is 0 Å². The molecular weight excluding hydrogens is 833 g/mol. The highest BCUT2D eigenvalue weighted by molar-refractivity contribution is 5.88. The van der Waals surface area contributed by atoms with E-state index in [4.69, 9.17) is 9.97 Å². The third kappa shape index (κ3) is 9.31. The van der Waals surface area contributed by atoms with Crippen molar-refractivity contribution in [1.82, 2.24) is 40.4 Å². The predicted molar refractivity (Wildman–Crippen MR) is 253 cm³/mol. The van der Waals surface area contributed by atoms with Gasteiger partial charge in [0.05, 0.1) is 35.9 Å². The van der Waals surface area contributed by atoms with Gasteiger partial charge in [0.25, 0.3) is 11.8 Å². The summed E-state index contributed by atoms with van der Waals surface area (Å²) < 4.78 is 0. The van der Waals surface area contributed by atoms with Crippen LogP contribution in [-0.4, -0.2) is 77.0 Å². The van der Waals surface area contributed by atoms with E-state index >= 15 is 0 Å². The summed E-state index contributed by atoms with van der Waals surface area (Å²) in [6.45, 7) is 14.4. The number of aromatic amines is 2. The minimum atomic E-state index is -1.26. The zero-order chi connectivity index (χ0) is 46.9. The molecule has 2 aliphatic heterocycles. The van der Waals surface area contributed by atoms with E-state index in [0.29, 0.717) is 48.7 Å². The number of H-pyrrole nitrogens is 2. The van der Waals surface area contributed by atoms with Crippen LogP contribution in [0.15, 0.2) is 109 Å². The lowest BCUT2D eigenvalue weighted by atomic mass is 9.70. The molecule has 4 atom stereocenters. The molecule has 14 heteroatoms. The molecule has 2 saturated heterocycles. The molecule has 2 fully saturated rings. The van der Waals surface area contributed by atoms with Gasteiger partial charge in [-0.2, -0.15) is 0 Å². The maximum Gasteiger partial charge on any atom is 0.405 e. The van der Waals surface area contributed by atoms with Crippen LogP contribution in [0.2, 0.25) is 0 Å². The van der Waals surface area contributed by atoms with E-state index in [1.54, 1.807) is 64.5 Å². The van der Waals surface area contributed by atoms with Gasteiger partial charge in [0.1, 0.15) is 23.7 Å². The van der Waals surface area contributed by atoms with Crippen molar-refractivity contribution < 1.29 is 29.4 Å². The molecule has 2 unspecified atom stereocenters. The lowest BCUT2D eigenvalue weighted by Gasteiger charge is -2.34. The van der Waals surface area contributed by atoms with E-state index < -0.39 is 24.3 Å². The first kappa shape index (κ1) is 45.4. The smallest absolute Gasteiger partial charge is 0.405 e. The Balaban J connectivity index is 1.07. The second-order valence-corrected chi connectivity index (χ2v) is 19.3. The predicted octanol–water partition coefficient (Wildman–Crippen LogP) is 10.1. The Morgan fingerprint density at radius 2 is 0.985 bits per heavy atom. The van der Waals surface area contributed by atoms with Crippen molar-refractivity contribution in [3.05, 3.63) is 143 Å². The van der Waals surface area contributed by atoms with Crippen molar-refractivity contribution >= 4 is 24.0 Å². The Hall–Kier alpha value is -7.22. The van der Waals surface area contributed by atoms with Gasteiger partial charge >= 0.3 is 12.2 Å². The maximum absolute atomic E-state index is 14.1. The second kappa shape index (κ2) is 18.3. The molecular formula is C52H58N8O6. The molecule has 14 nitrogen and oxygen atoms in total. The Bertz CT molecular complexity index is 2720. The number of benzene rings is 4. The number of carboxylic acid groups (broad SMARTS) is 2. The third-order valence-electron chi connectivity index (χ3n) is 12.7. The minimum Gasteiger partial charge on any atom is -0.465 e. The highest BCUT2D eigenvalue weighted by Gasteiger charge is 2.39. The molecule has 6 aromatic rings. The van der Waals surface area contributed by atoms with Crippen LogP contribution in [-0.2, 0) is 20.4 Å². The van der Waals surface area contributed by atoms with Crippen molar-refractivity contribution in [2.24, 2.45) is 0 Å². The van der Waals surface area contributed by atoms with Gasteiger partial charge in [0.15, 0.2) is 0 Å². The van der Waals surface area contributed by atoms with E-state index in [1.807, 2.05) is 18.3 Å². The first-order chi connectivity index (χ1) is 31.5. The fraction of sp³-hybridized carbons (Fsp3) is 0.346. The number of nitrogens with zero attached hydrogens (tertiary/aromatic N) is 4. The van der Waals surface area contributed by atoms with Gasteiger partial charge in [-0.05, 0) is 75.5 Å². The molecule has 2 aliphatic rings. The molecule has 4 amide bonds. The van der Waals surface area contributed by atoms with Crippen LogP contribution in [0.3, 0.4) is 0 Å². The molecule has 0 radical (unpaired) electrons. The molecule has 0 spiro atoms. The third-order valence-corrected chi connectivity index (χ3v) is 12.7. The number of hydrogen-bond donors (Lipinski definition) is 6. The molecule has 8 rings (SSSR count). The molecule has 4 aromatic carbocycles. The van der Waals surface area contributed by atoms with Crippen LogP contribution in [0, 0.1) is 0 Å². The average Bonchev–Trinajstić information content (AvgIpc) is 4.14. The SMILES string of the molecule is CC(C)(C)c1c(-c2ccc(-c3cnc(C4CCCN4C(=O)C(NC(=O)O)c4ccccc4)[nH]3)cc2)ccc(-c2cnc([C@@H]3CCCN3C(=O)[C@H](NC(=O)O)c3ccccc3)[nH]2)c1C(C)(C)C. The number of nitrogens with one attached hydrogen (secondary N) is 4. The van der Waals surface area contributed by atoms with Gasteiger partial charge in [0, 0.05) is 18.7 Å². The molecule has 342 valence electrons. The number of carbonyl (C=O) groups is 4. The first-order valence-corrected chi connectivity index (χ1v) is 22.6. The minimum absolute atomic E-state index is 0.268. The lowest BCUT2D eigenvalue weighted by Crippen LogP contribution is -2.42. The second-order valence-electron chi connectivity index (χ2n) is 19.3. The number of carbonyl (C=O) groups excluding carboxylic acids is 2. The summed E-state index contributed by atoms with van der Waals surface area (Å²) in [4.78, 5) is 71.7. The Morgan fingerprint density at radius 1 is 0.576 bits per heavy atom. The van der Waals surface area contributed by atoms with E-state index in [0.717, 1.165) is 46.5 Å². The lowest BCUT2D eigenvalue weighted by molar-refractivity contribution is -0.135. The highest BCUT2D eigenvalue weighted by Crippen LogP contribution is 2.46. The van der Waals surface area contributed by atoms with Gasteiger partial charge in [-0.15, -0.1) is 0 Å². The van der Waals surface area contributed by atoms with Crippen LogP contribution in [0.4, 0.5) is 9.59 Å². The Morgan fingerprint density at radius 3 is 1.44 bits per heavy atom. The van der Waals surface area contributed by atoms with Crippen molar-refractivity contribution in [3.63, 3.8) is 0 Å². The zero-order valence-corrected chi connectivity index (χ0v) is 38.3. The van der Waals surface area contributed by atoms with Gasteiger partial charge in [0.2, 0.25) is 0 Å². The summed E-state index contributed by atoms with van der Waals surface area (Å²) in [6.07, 6.45) is 4.04. The summed E-state index contributed by atoms with van der Waals surface area (Å²) in [5.74, 6) is 0.696. The van der Waals surface area contributed by atoms with Crippen LogP contribution in [0.25, 0.3) is 33.6 Å². The summed E-state index contributed by atoms with van der Waals surface area (Å²) >= 11 is 0. The molecule has 4 heterocycles. The van der Waals surface area contributed by atoms with E-state index in [-0.39, 0.29) is 34.7 Å². The standard InChI is InChI=1S/C52H58N8O6/c1-51(2,3)41-35(31-21-23-32(24-22-31)37-29-53-45(55-37)39-19-13-27-59(39)47(61)43(57-49(63)64)33-15-9-7-10-16-33)25-26-36(42(41)52(4,5)6)38-30-54-46(56-38)40-20-14-28-60(40)48(62)44(58-50(65)66)34-17-11-8-12-18-34/h7-12,15-18,21-26,29-30,39-40,43-44,57-58H,13-14,19-20,27-28H2,1-6H3,(H,53,55)(H,54,56)(H,63,64)(H,65,66)/t39?,40-,43?,44+/m0/s1. The zero-order valence-electron chi connectivity index (χ0n) is 38.3. The Labute approximate surface area is 384 Å². The fourth-order valence-corrected chi connectivity index (χ4v) is 9.82. The number of imidazole rings is 2. The van der Waals surface area contributed by atoms with Gasteiger partial charge in [-0.3, -0.25) is 9.59 Å². The van der Waals surface area contributed by atoms with Crippen LogP contribution in [0.1, 0.15) is 125 Å². The molecule has 0 saturated carbocycles. The molecule has 66 heavy (non-hydrogen) atoms. The van der Waals surface area contributed by atoms with Gasteiger partial charge in [-0.25, -0.2) is 19.6 Å². The molecule has 6 N–H and O–H groups in total. The van der Waals surface area contributed by atoms with Crippen LogP contribution < -0.4 is 10.6 Å². The van der Waals surface area contributed by atoms with Crippen molar-refractivity contribution in [2.45, 2.75) is 102 Å². The number of aromatic nitrogens is 4. The van der Waals surface area contributed by atoms with Crippen LogP contribution in [0.5, 0.6) is 0 Å². The fourth-order valence-electron chi connectivity index (χ4n) is 9.82. The average molecular weight is 891 g/mol. The number of likely N-dealkylation sites (tertiary alicyclic amines) is 2. The Kier molecular flexibility index (Phi) is 12.6. The monoisotopic (exact) mass is 890 g/mol. The number of amides is 4. The normalized spacial score (nSPS) is 17.4. The van der Waals surface area contributed by atoms with E-state index in [1.165, 1.54) is 11.1 Å². The summed E-state index contributed by atoms with van der Waals surface area (Å²) in [6, 6.07) is 27.8. The summed E-state index contributed by atoms with van der Waals surface area (Å²) in [5, 5.41) is 24.1. The summed E-state index contributed by atoms with van der Waals surface area (Å²) in [5.41, 5.74) is 8.79. The molecule has 0 aliphatic carbocycles. The topological polar surface area (TPSA) is 197 Å². The maximum atomic E-state index is 14.1. The summed E-state index contributed by atoms with van der Waals surface area (Å²) in [7, 11) is 0.